The van der Waals surface area contributed by atoms with Gasteiger partial charge in [0.05, 0.1) is 5.69 Å². The molecule has 0 spiro atoms. The van der Waals surface area contributed by atoms with Crippen LogP contribution >= 0.6 is 0 Å². The van der Waals surface area contributed by atoms with Crippen molar-refractivity contribution in [3.63, 3.8) is 0 Å². The molecule has 26 heavy (non-hydrogen) atoms. The first-order valence-electron chi connectivity index (χ1n) is 9.46. The third kappa shape index (κ3) is 2.39. The molecule has 132 valence electrons. The maximum Gasteiger partial charge on any atom is 0.254 e. The van der Waals surface area contributed by atoms with E-state index in [1.165, 1.54) is 5.56 Å². The first-order valence-corrected chi connectivity index (χ1v) is 9.46. The van der Waals surface area contributed by atoms with Crippen LogP contribution in [0.5, 0.6) is 0 Å². The maximum absolute atomic E-state index is 14.5. The Morgan fingerprint density at radius 1 is 1.15 bits per heavy atom. The van der Waals surface area contributed by atoms with Gasteiger partial charge in [-0.1, -0.05) is 18.2 Å². The zero-order chi connectivity index (χ0) is 17.7. The summed E-state index contributed by atoms with van der Waals surface area (Å²) in [6, 6.07) is 11.3. The number of carbonyl (C=O) groups excluding carboxylic acids is 1. The van der Waals surface area contributed by atoms with Gasteiger partial charge >= 0.3 is 0 Å². The number of carbonyl (C=O) groups is 1. The molecule has 1 fully saturated rings. The van der Waals surface area contributed by atoms with E-state index in [9.17, 15) is 9.18 Å². The molecule has 2 aliphatic heterocycles. The molecule has 0 bridgehead atoms. The number of benzene rings is 2. The molecule has 1 unspecified atom stereocenters. The van der Waals surface area contributed by atoms with Crippen molar-refractivity contribution in [2.24, 2.45) is 4.99 Å². The summed E-state index contributed by atoms with van der Waals surface area (Å²) < 4.78 is 14.5. The highest BCUT2D eigenvalue weighted by atomic mass is 19.1. The van der Waals surface area contributed by atoms with Crippen molar-refractivity contribution in [2.45, 2.75) is 44.1 Å². The van der Waals surface area contributed by atoms with Crippen LogP contribution in [0.1, 0.15) is 52.2 Å². The van der Waals surface area contributed by atoms with Gasteiger partial charge in [-0.15, -0.1) is 0 Å². The number of piperidine rings is 1. The van der Waals surface area contributed by atoms with E-state index in [0.29, 0.717) is 5.56 Å². The smallest absolute Gasteiger partial charge is 0.254 e. The summed E-state index contributed by atoms with van der Waals surface area (Å²) in [7, 11) is 0. The van der Waals surface area contributed by atoms with Gasteiger partial charge < -0.3 is 4.90 Å². The fourth-order valence-electron chi connectivity index (χ4n) is 4.92. The Bertz CT molecular complexity index is 920. The van der Waals surface area contributed by atoms with E-state index in [4.69, 9.17) is 0 Å². The minimum Gasteiger partial charge on any atom is -0.335 e. The molecule has 5 rings (SSSR count). The lowest BCUT2D eigenvalue weighted by Crippen LogP contribution is -2.49. The second-order valence-electron chi connectivity index (χ2n) is 7.53. The number of rotatable bonds is 1. The Morgan fingerprint density at radius 3 is 3.00 bits per heavy atom. The van der Waals surface area contributed by atoms with Gasteiger partial charge in [-0.05, 0) is 60.6 Å². The van der Waals surface area contributed by atoms with Gasteiger partial charge in [0, 0.05) is 36.7 Å². The van der Waals surface area contributed by atoms with Crippen LogP contribution in [-0.4, -0.2) is 29.6 Å². The molecule has 0 saturated carbocycles. The summed E-state index contributed by atoms with van der Waals surface area (Å²) >= 11 is 0. The third-order valence-corrected chi connectivity index (χ3v) is 6.14. The van der Waals surface area contributed by atoms with Crippen molar-refractivity contribution in [1.29, 1.82) is 0 Å². The predicted octanol–water partition coefficient (Wildman–Crippen LogP) is 4.42. The molecule has 3 aliphatic rings. The molecule has 2 aromatic carbocycles. The molecular formula is C22H21FN2O. The molecule has 0 radical (unpaired) electrons. The molecule has 2 heterocycles. The third-order valence-electron chi connectivity index (χ3n) is 6.14. The Hall–Kier alpha value is -2.49. The summed E-state index contributed by atoms with van der Waals surface area (Å²) in [5, 5.41) is 0. The lowest BCUT2D eigenvalue weighted by Gasteiger charge is -2.45. The van der Waals surface area contributed by atoms with Gasteiger partial charge in [0.2, 0.25) is 0 Å². The Morgan fingerprint density at radius 2 is 2.08 bits per heavy atom. The van der Waals surface area contributed by atoms with Crippen LogP contribution in [0.15, 0.2) is 41.4 Å². The van der Waals surface area contributed by atoms with E-state index >= 15 is 0 Å². The molecule has 2 atom stereocenters. The first-order chi connectivity index (χ1) is 12.7. The molecule has 0 aromatic heterocycles. The van der Waals surface area contributed by atoms with E-state index in [1.54, 1.807) is 12.1 Å². The van der Waals surface area contributed by atoms with Crippen molar-refractivity contribution in [3.8, 4) is 0 Å². The summed E-state index contributed by atoms with van der Waals surface area (Å²) in [4.78, 5) is 19.6. The number of likely N-dealkylation sites (tertiary alicyclic amines) is 1. The van der Waals surface area contributed by atoms with Gasteiger partial charge in [0.25, 0.3) is 5.91 Å². The number of amides is 1. The van der Waals surface area contributed by atoms with Crippen LogP contribution in [0.3, 0.4) is 0 Å². The molecule has 0 N–H and O–H groups in total. The van der Waals surface area contributed by atoms with Crippen molar-refractivity contribution >= 4 is 17.8 Å². The van der Waals surface area contributed by atoms with Crippen LogP contribution in [0.2, 0.25) is 0 Å². The topological polar surface area (TPSA) is 32.7 Å². The molecule has 1 amide bonds. The highest BCUT2D eigenvalue weighted by molar-refractivity contribution is 5.96. The molecule has 1 aliphatic carbocycles. The summed E-state index contributed by atoms with van der Waals surface area (Å²) in [6.07, 6.45) is 6.36. The average Bonchev–Trinajstić information content (AvgIpc) is 3.14. The van der Waals surface area contributed by atoms with E-state index < -0.39 is 0 Å². The minimum atomic E-state index is -0.113. The Labute approximate surface area is 152 Å². The average molecular weight is 348 g/mol. The zero-order valence-electron chi connectivity index (χ0n) is 14.6. The second-order valence-corrected chi connectivity index (χ2v) is 7.53. The largest absolute Gasteiger partial charge is 0.335 e. The van der Waals surface area contributed by atoms with E-state index in [-0.39, 0.29) is 23.7 Å². The van der Waals surface area contributed by atoms with E-state index in [1.807, 2.05) is 35.4 Å². The number of aliphatic imine (C=N–C) groups is 1. The van der Waals surface area contributed by atoms with Crippen molar-refractivity contribution in [3.05, 3.63) is 64.5 Å². The molecular weight excluding hydrogens is 327 g/mol. The van der Waals surface area contributed by atoms with Crippen molar-refractivity contribution in [2.75, 3.05) is 6.54 Å². The number of fused-ring (bicyclic) bond motifs is 4. The Balaban J connectivity index is 1.48. The predicted molar refractivity (Wildman–Crippen MR) is 99.8 cm³/mol. The van der Waals surface area contributed by atoms with Crippen LogP contribution in [0, 0.1) is 5.82 Å². The van der Waals surface area contributed by atoms with Crippen LogP contribution in [0.25, 0.3) is 0 Å². The minimum absolute atomic E-state index is 0.0596. The first kappa shape index (κ1) is 15.7. The van der Waals surface area contributed by atoms with Crippen LogP contribution in [0.4, 0.5) is 10.1 Å². The van der Waals surface area contributed by atoms with E-state index in [2.05, 4.69) is 4.99 Å². The van der Waals surface area contributed by atoms with Crippen molar-refractivity contribution < 1.29 is 9.18 Å². The van der Waals surface area contributed by atoms with Gasteiger partial charge in [-0.2, -0.15) is 0 Å². The van der Waals surface area contributed by atoms with Gasteiger partial charge in [-0.3, -0.25) is 9.79 Å². The normalized spacial score (nSPS) is 23.3. The summed E-state index contributed by atoms with van der Waals surface area (Å²) in [5.41, 5.74) is 4.74. The molecule has 1 saturated heterocycles. The number of halogens is 1. The number of aryl methyl sites for hydroxylation is 1. The van der Waals surface area contributed by atoms with Gasteiger partial charge in [0.1, 0.15) is 5.82 Å². The quantitative estimate of drug-likeness (QED) is 0.751. The highest BCUT2D eigenvalue weighted by Crippen LogP contribution is 2.42. The number of hydrogen-bond acceptors (Lipinski definition) is 2. The molecule has 3 nitrogen and oxygen atoms in total. The molecule has 2 aromatic rings. The van der Waals surface area contributed by atoms with Crippen LogP contribution in [-0.2, 0) is 12.8 Å². The number of nitrogens with zero attached hydrogens (tertiary/aromatic N) is 2. The van der Waals surface area contributed by atoms with Gasteiger partial charge in [-0.25, -0.2) is 4.39 Å². The lowest BCUT2D eigenvalue weighted by molar-refractivity contribution is 0.0543. The monoisotopic (exact) mass is 348 g/mol. The van der Waals surface area contributed by atoms with E-state index in [0.717, 1.165) is 55.5 Å². The van der Waals surface area contributed by atoms with Crippen LogP contribution < -0.4 is 0 Å². The highest BCUT2D eigenvalue weighted by Gasteiger charge is 2.40. The number of hydrogen-bond donors (Lipinski definition) is 0. The maximum atomic E-state index is 14.5. The van der Waals surface area contributed by atoms with Crippen molar-refractivity contribution in [1.82, 2.24) is 4.90 Å². The standard InChI is InChI=1S/C22H21FN2O/c23-18-5-1-3-15-8-9-20-17(21(15)18)4-2-12-25(20)22(26)16-7-6-14-10-11-24-19(14)13-16/h1,3,5-7,11,13,17,20H,2,4,8-10,12H2/t17?,20-/m0/s1. The fourth-order valence-corrected chi connectivity index (χ4v) is 4.92. The SMILES string of the molecule is O=C(c1ccc2c(c1)N=CC2)N1CCCC2c3c(F)cccc3CC[C@@H]21. The zero-order valence-corrected chi connectivity index (χ0v) is 14.6. The fraction of sp³-hybridized carbons (Fsp3) is 0.364. The lowest BCUT2D eigenvalue weighted by atomic mass is 9.74. The summed E-state index contributed by atoms with van der Waals surface area (Å²) in [6.45, 7) is 0.754. The Kier molecular flexibility index (Phi) is 3.66. The van der Waals surface area contributed by atoms with Gasteiger partial charge in [0.15, 0.2) is 0 Å². The summed E-state index contributed by atoms with van der Waals surface area (Å²) in [5.74, 6) is 0.0628. The second kappa shape index (κ2) is 6.04. The molecule has 4 heteroatoms.